The number of nitrogens with one attached hydrogen (secondary N) is 1. The number of halogens is 2. The van der Waals surface area contributed by atoms with Crippen molar-refractivity contribution >= 4 is 35.5 Å². The number of furan rings is 1. The van der Waals surface area contributed by atoms with Crippen LogP contribution < -0.4 is 14.8 Å². The van der Waals surface area contributed by atoms with Crippen molar-refractivity contribution in [2.24, 2.45) is 0 Å². The predicted octanol–water partition coefficient (Wildman–Crippen LogP) is 4.32. The molecule has 8 nitrogen and oxygen atoms in total. The largest absolute Gasteiger partial charge is 0.493 e. The van der Waals surface area contributed by atoms with Gasteiger partial charge in [-0.2, -0.15) is 0 Å². The quantitative estimate of drug-likeness (QED) is 0.396. The molecule has 4 amide bonds. The minimum Gasteiger partial charge on any atom is -0.493 e. The van der Waals surface area contributed by atoms with Crippen LogP contribution in [0.4, 0.5) is 9.18 Å². The smallest absolute Gasteiger partial charge is 0.331 e. The molecule has 1 aliphatic heterocycles. The van der Waals surface area contributed by atoms with Crippen LogP contribution in [0.1, 0.15) is 16.9 Å². The van der Waals surface area contributed by atoms with Gasteiger partial charge in [-0.1, -0.05) is 29.8 Å². The van der Waals surface area contributed by atoms with E-state index in [0.29, 0.717) is 16.9 Å². The van der Waals surface area contributed by atoms with Crippen LogP contribution in [0.15, 0.2) is 64.8 Å². The van der Waals surface area contributed by atoms with Gasteiger partial charge >= 0.3 is 6.03 Å². The number of nitrogens with zero attached hydrogens (tertiary/aromatic N) is 1. The van der Waals surface area contributed by atoms with Gasteiger partial charge in [-0.25, -0.2) is 9.18 Å². The molecule has 2 heterocycles. The highest BCUT2D eigenvalue weighted by Gasteiger charge is 2.36. The van der Waals surface area contributed by atoms with Gasteiger partial charge in [0.1, 0.15) is 23.8 Å². The maximum atomic E-state index is 13.9. The second kappa shape index (κ2) is 9.80. The molecular formula is C24H18ClFN2O6. The molecule has 0 saturated carbocycles. The van der Waals surface area contributed by atoms with Gasteiger partial charge < -0.3 is 13.9 Å². The number of carbonyl (C=O) groups is 3. The van der Waals surface area contributed by atoms with Crippen molar-refractivity contribution in [2.45, 2.75) is 13.2 Å². The minimum absolute atomic E-state index is 0.0894. The number of imide groups is 2. The molecule has 0 unspecified atom stereocenters. The molecule has 3 aromatic rings. The average Bonchev–Trinajstić information content (AvgIpc) is 3.33. The summed E-state index contributed by atoms with van der Waals surface area (Å²) in [5.41, 5.74) is 0.410. The number of barbiturate groups is 1. The summed E-state index contributed by atoms with van der Waals surface area (Å²) in [6.07, 6.45) is 2.70. The molecular weight excluding hydrogens is 467 g/mol. The molecule has 174 valence electrons. The van der Waals surface area contributed by atoms with E-state index in [-0.39, 0.29) is 35.2 Å². The lowest BCUT2D eigenvalue weighted by atomic mass is 10.1. The zero-order chi connectivity index (χ0) is 24.2. The summed E-state index contributed by atoms with van der Waals surface area (Å²) in [6.45, 7) is -0.233. The molecule has 0 radical (unpaired) electrons. The van der Waals surface area contributed by atoms with Gasteiger partial charge in [-0.3, -0.25) is 19.8 Å². The fourth-order valence-electron chi connectivity index (χ4n) is 3.29. The monoisotopic (exact) mass is 484 g/mol. The number of methoxy groups -OCH3 is 1. The Morgan fingerprint density at radius 1 is 1.15 bits per heavy atom. The van der Waals surface area contributed by atoms with E-state index in [2.05, 4.69) is 5.32 Å². The van der Waals surface area contributed by atoms with E-state index in [1.807, 2.05) is 0 Å². The lowest BCUT2D eigenvalue weighted by molar-refractivity contribution is -0.130. The van der Waals surface area contributed by atoms with Crippen LogP contribution in [0.3, 0.4) is 0 Å². The van der Waals surface area contributed by atoms with Gasteiger partial charge in [0.2, 0.25) is 0 Å². The molecule has 0 aliphatic carbocycles. The molecule has 1 fully saturated rings. The molecule has 0 bridgehead atoms. The maximum Gasteiger partial charge on any atom is 0.331 e. The van der Waals surface area contributed by atoms with Crippen LogP contribution >= 0.6 is 11.6 Å². The first-order valence-corrected chi connectivity index (χ1v) is 10.4. The van der Waals surface area contributed by atoms with E-state index in [1.54, 1.807) is 30.3 Å². The van der Waals surface area contributed by atoms with Gasteiger partial charge in [-0.05, 0) is 42.0 Å². The Balaban J connectivity index is 1.60. The number of rotatable bonds is 7. The summed E-state index contributed by atoms with van der Waals surface area (Å²) in [5, 5.41) is 2.25. The second-order valence-electron chi connectivity index (χ2n) is 7.20. The third kappa shape index (κ3) is 4.79. The maximum absolute atomic E-state index is 13.9. The van der Waals surface area contributed by atoms with Crippen molar-refractivity contribution in [1.82, 2.24) is 10.2 Å². The first-order chi connectivity index (χ1) is 16.4. The van der Waals surface area contributed by atoms with Crippen molar-refractivity contribution in [1.29, 1.82) is 0 Å². The van der Waals surface area contributed by atoms with Crippen molar-refractivity contribution < 1.29 is 32.7 Å². The molecule has 1 saturated heterocycles. The normalized spacial score (nSPS) is 15.0. The zero-order valence-corrected chi connectivity index (χ0v) is 18.6. The number of ether oxygens (including phenoxy) is 2. The Morgan fingerprint density at radius 2 is 1.94 bits per heavy atom. The van der Waals surface area contributed by atoms with Crippen LogP contribution in [-0.2, 0) is 22.7 Å². The lowest BCUT2D eigenvalue weighted by Crippen LogP contribution is -2.53. The van der Waals surface area contributed by atoms with Gasteiger partial charge in [-0.15, -0.1) is 0 Å². The third-order valence-electron chi connectivity index (χ3n) is 4.97. The summed E-state index contributed by atoms with van der Waals surface area (Å²) >= 11 is 6.37. The number of urea groups is 1. The number of benzene rings is 2. The van der Waals surface area contributed by atoms with E-state index in [9.17, 15) is 18.8 Å². The zero-order valence-electron chi connectivity index (χ0n) is 17.8. The standard InChI is InChI=1S/C24H18ClFN2O6/c1-32-20-11-14(10-18(25)21(20)34-13-15-5-2-3-7-19(15)26)9-17-22(29)27-24(31)28(23(17)30)12-16-6-4-8-33-16/h2-11H,12-13H2,1H3,(H,27,29,31)/b17-9+. The summed E-state index contributed by atoms with van der Waals surface area (Å²) in [4.78, 5) is 38.3. The summed E-state index contributed by atoms with van der Waals surface area (Å²) in [6, 6.07) is 11.5. The number of hydrogen-bond donors (Lipinski definition) is 1. The molecule has 0 spiro atoms. The fourth-order valence-corrected chi connectivity index (χ4v) is 3.56. The van der Waals surface area contributed by atoms with Gasteiger partial charge in [0.25, 0.3) is 11.8 Å². The van der Waals surface area contributed by atoms with Gasteiger partial charge in [0.15, 0.2) is 11.5 Å². The third-order valence-corrected chi connectivity index (χ3v) is 5.25. The van der Waals surface area contributed by atoms with Crippen LogP contribution in [0.25, 0.3) is 6.08 Å². The SMILES string of the molecule is COc1cc(/C=C2\C(=O)NC(=O)N(Cc3ccco3)C2=O)cc(Cl)c1OCc1ccccc1F. The molecule has 10 heteroatoms. The van der Waals surface area contributed by atoms with E-state index in [1.165, 1.54) is 37.6 Å². The lowest BCUT2D eigenvalue weighted by Gasteiger charge is -2.25. The molecule has 0 atom stereocenters. The van der Waals surface area contributed by atoms with Crippen molar-refractivity contribution in [3.05, 3.63) is 88.1 Å². The second-order valence-corrected chi connectivity index (χ2v) is 7.61. The van der Waals surface area contributed by atoms with Crippen LogP contribution in [0, 0.1) is 5.82 Å². The van der Waals surface area contributed by atoms with Crippen molar-refractivity contribution in [2.75, 3.05) is 7.11 Å². The van der Waals surface area contributed by atoms with Crippen LogP contribution in [0.5, 0.6) is 11.5 Å². The van der Waals surface area contributed by atoms with Crippen molar-refractivity contribution in [3.8, 4) is 11.5 Å². The van der Waals surface area contributed by atoms with E-state index >= 15 is 0 Å². The first kappa shape index (κ1) is 23.1. The Bertz CT molecular complexity index is 1290. The predicted molar refractivity (Wildman–Crippen MR) is 120 cm³/mol. The minimum atomic E-state index is -0.851. The first-order valence-electron chi connectivity index (χ1n) is 10.0. The molecule has 2 aromatic carbocycles. The highest BCUT2D eigenvalue weighted by Crippen LogP contribution is 2.38. The summed E-state index contributed by atoms with van der Waals surface area (Å²) in [5.74, 6) is -1.31. The number of amides is 4. The highest BCUT2D eigenvalue weighted by molar-refractivity contribution is 6.33. The van der Waals surface area contributed by atoms with Crippen molar-refractivity contribution in [3.63, 3.8) is 0 Å². The Hall–Kier alpha value is -4.11. The van der Waals surface area contributed by atoms with Gasteiger partial charge in [0.05, 0.1) is 24.9 Å². The average molecular weight is 485 g/mol. The Labute approximate surface area is 198 Å². The molecule has 34 heavy (non-hydrogen) atoms. The molecule has 1 N–H and O–H groups in total. The van der Waals surface area contributed by atoms with Crippen LogP contribution in [0.2, 0.25) is 5.02 Å². The number of carbonyl (C=O) groups excluding carboxylic acids is 3. The summed E-state index contributed by atoms with van der Waals surface area (Å²) < 4.78 is 30.1. The Kier molecular flexibility index (Phi) is 6.65. The highest BCUT2D eigenvalue weighted by atomic mass is 35.5. The number of hydrogen-bond acceptors (Lipinski definition) is 6. The van der Waals surface area contributed by atoms with Gasteiger partial charge in [0, 0.05) is 5.56 Å². The molecule has 1 aliphatic rings. The fraction of sp³-hybridized carbons (Fsp3) is 0.125. The van der Waals surface area contributed by atoms with E-state index < -0.39 is 23.7 Å². The topological polar surface area (TPSA) is 98.1 Å². The van der Waals surface area contributed by atoms with Crippen LogP contribution in [-0.4, -0.2) is 29.9 Å². The Morgan fingerprint density at radius 3 is 2.65 bits per heavy atom. The van der Waals surface area contributed by atoms with E-state index in [0.717, 1.165) is 4.90 Å². The summed E-state index contributed by atoms with van der Waals surface area (Å²) in [7, 11) is 1.39. The molecule has 1 aromatic heterocycles. The molecule has 4 rings (SSSR count). The van der Waals surface area contributed by atoms with E-state index in [4.69, 9.17) is 25.5 Å².